The van der Waals surface area contributed by atoms with E-state index in [-0.39, 0.29) is 0 Å². The van der Waals surface area contributed by atoms with Gasteiger partial charge in [0.25, 0.3) is 0 Å². The summed E-state index contributed by atoms with van der Waals surface area (Å²) in [5.74, 6) is 1.91. The molecule has 0 fully saturated rings. The highest BCUT2D eigenvalue weighted by Gasteiger charge is 2.19. The Hall–Kier alpha value is -6.04. The van der Waals surface area contributed by atoms with E-state index < -0.39 is 0 Å². The van der Waals surface area contributed by atoms with Gasteiger partial charge in [0.05, 0.1) is 15.7 Å². The Morgan fingerprint density at radius 2 is 0.851 bits per heavy atom. The van der Waals surface area contributed by atoms with Crippen LogP contribution >= 0.6 is 11.3 Å². The Morgan fingerprint density at radius 3 is 1.51 bits per heavy atom. The fourth-order valence-corrected chi connectivity index (χ4v) is 7.48. The SMILES string of the molecule is c1ccc(-c2cc(-c3nc(-c4ccccc4)nc(-c4ccccc4)n3)cc(-c3c4ccccc4nc4c3sc3ccccc34)c2)cc1. The lowest BCUT2D eigenvalue weighted by Crippen LogP contribution is -2.00. The minimum absolute atomic E-state index is 0.627. The van der Waals surface area contributed by atoms with E-state index in [0.29, 0.717) is 17.5 Å². The van der Waals surface area contributed by atoms with Crippen molar-refractivity contribution in [2.45, 2.75) is 0 Å². The zero-order chi connectivity index (χ0) is 31.2. The number of para-hydroxylation sites is 1. The molecule has 0 radical (unpaired) electrons. The molecule has 47 heavy (non-hydrogen) atoms. The summed E-state index contributed by atoms with van der Waals surface area (Å²) in [6, 6.07) is 54.5. The van der Waals surface area contributed by atoms with E-state index in [1.165, 1.54) is 20.3 Å². The van der Waals surface area contributed by atoms with Crippen molar-refractivity contribution in [3.05, 3.63) is 158 Å². The highest BCUT2D eigenvalue weighted by atomic mass is 32.1. The van der Waals surface area contributed by atoms with Crippen molar-refractivity contribution in [2.24, 2.45) is 0 Å². The van der Waals surface area contributed by atoms with Crippen molar-refractivity contribution >= 4 is 42.5 Å². The first kappa shape index (κ1) is 27.3. The zero-order valence-electron chi connectivity index (χ0n) is 25.2. The first-order chi connectivity index (χ1) is 23.3. The largest absolute Gasteiger partial charge is 0.246 e. The predicted molar refractivity (Wildman–Crippen MR) is 195 cm³/mol. The van der Waals surface area contributed by atoms with Crippen LogP contribution in [0.1, 0.15) is 0 Å². The van der Waals surface area contributed by atoms with Gasteiger partial charge in [0.15, 0.2) is 17.5 Å². The van der Waals surface area contributed by atoms with E-state index in [4.69, 9.17) is 19.9 Å². The molecule has 9 rings (SSSR count). The maximum Gasteiger partial charge on any atom is 0.164 e. The van der Waals surface area contributed by atoms with Gasteiger partial charge in [0.2, 0.25) is 0 Å². The van der Waals surface area contributed by atoms with E-state index in [2.05, 4.69) is 97.1 Å². The molecule has 0 N–H and O–H groups in total. The summed E-state index contributed by atoms with van der Waals surface area (Å²) in [6.45, 7) is 0. The number of pyridine rings is 1. The van der Waals surface area contributed by atoms with Crippen LogP contribution in [0.4, 0.5) is 0 Å². The maximum absolute atomic E-state index is 5.18. The molecular formula is C42H26N4S. The van der Waals surface area contributed by atoms with E-state index >= 15 is 0 Å². The number of nitrogens with zero attached hydrogens (tertiary/aromatic N) is 4. The van der Waals surface area contributed by atoms with Gasteiger partial charge in [-0.1, -0.05) is 127 Å². The van der Waals surface area contributed by atoms with Gasteiger partial charge in [-0.3, -0.25) is 0 Å². The second-order valence-corrected chi connectivity index (χ2v) is 12.5. The lowest BCUT2D eigenvalue weighted by molar-refractivity contribution is 1.07. The summed E-state index contributed by atoms with van der Waals surface area (Å²) >= 11 is 1.80. The molecule has 0 saturated carbocycles. The molecule has 0 unspecified atom stereocenters. The Labute approximate surface area is 275 Å². The fraction of sp³-hybridized carbons (Fsp3) is 0. The molecular weight excluding hydrogens is 593 g/mol. The minimum Gasteiger partial charge on any atom is -0.246 e. The Balaban J connectivity index is 1.36. The average Bonchev–Trinajstić information content (AvgIpc) is 3.52. The third-order valence-corrected chi connectivity index (χ3v) is 9.67. The summed E-state index contributed by atoms with van der Waals surface area (Å²) in [4.78, 5) is 20.3. The molecule has 0 amide bonds. The number of fused-ring (bicyclic) bond motifs is 4. The maximum atomic E-state index is 5.18. The van der Waals surface area contributed by atoms with Crippen molar-refractivity contribution < 1.29 is 0 Å². The number of hydrogen-bond acceptors (Lipinski definition) is 5. The van der Waals surface area contributed by atoms with E-state index in [1.807, 2.05) is 60.7 Å². The molecule has 220 valence electrons. The van der Waals surface area contributed by atoms with Gasteiger partial charge in [-0.25, -0.2) is 19.9 Å². The number of rotatable bonds is 5. The summed E-state index contributed by atoms with van der Waals surface area (Å²) in [7, 11) is 0. The summed E-state index contributed by atoms with van der Waals surface area (Å²) < 4.78 is 2.40. The monoisotopic (exact) mass is 618 g/mol. The Bertz CT molecular complexity index is 2500. The summed E-state index contributed by atoms with van der Waals surface area (Å²) in [5, 5.41) is 2.30. The van der Waals surface area contributed by atoms with Gasteiger partial charge < -0.3 is 0 Å². The first-order valence-corrected chi connectivity index (χ1v) is 16.4. The predicted octanol–water partition coefficient (Wildman–Crippen LogP) is 11.1. The molecule has 3 aromatic heterocycles. The second kappa shape index (κ2) is 11.4. The molecule has 0 aliphatic carbocycles. The van der Waals surface area contributed by atoms with Crippen LogP contribution in [0.25, 0.3) is 87.6 Å². The molecule has 6 aromatic carbocycles. The molecule has 9 aromatic rings. The van der Waals surface area contributed by atoms with Gasteiger partial charge in [-0.15, -0.1) is 11.3 Å². The molecule has 0 atom stereocenters. The van der Waals surface area contributed by atoms with Crippen molar-refractivity contribution in [1.82, 2.24) is 19.9 Å². The summed E-state index contributed by atoms with van der Waals surface area (Å²) in [5.41, 5.74) is 9.31. The third-order valence-electron chi connectivity index (χ3n) is 8.49. The van der Waals surface area contributed by atoms with Crippen LogP contribution in [0.5, 0.6) is 0 Å². The quantitative estimate of drug-likeness (QED) is 0.193. The van der Waals surface area contributed by atoms with Gasteiger partial charge in [0, 0.05) is 37.7 Å². The van der Waals surface area contributed by atoms with Gasteiger partial charge in [-0.2, -0.15) is 0 Å². The lowest BCUT2D eigenvalue weighted by Gasteiger charge is -2.14. The Morgan fingerprint density at radius 1 is 0.362 bits per heavy atom. The molecule has 4 nitrogen and oxygen atoms in total. The zero-order valence-corrected chi connectivity index (χ0v) is 26.0. The summed E-state index contributed by atoms with van der Waals surface area (Å²) in [6.07, 6.45) is 0. The van der Waals surface area contributed by atoms with Crippen LogP contribution in [0.3, 0.4) is 0 Å². The molecule has 0 aliphatic heterocycles. The third kappa shape index (κ3) is 4.94. The topological polar surface area (TPSA) is 51.6 Å². The smallest absolute Gasteiger partial charge is 0.164 e. The van der Waals surface area contributed by atoms with Crippen LogP contribution in [-0.4, -0.2) is 19.9 Å². The Kier molecular flexibility index (Phi) is 6.61. The normalized spacial score (nSPS) is 11.4. The van der Waals surface area contributed by atoms with E-state index in [0.717, 1.165) is 49.8 Å². The highest BCUT2D eigenvalue weighted by Crippen LogP contribution is 2.44. The van der Waals surface area contributed by atoms with Crippen LogP contribution in [0.15, 0.2) is 158 Å². The van der Waals surface area contributed by atoms with Crippen molar-refractivity contribution in [3.8, 4) is 56.4 Å². The lowest BCUT2D eigenvalue weighted by atomic mass is 9.93. The molecule has 5 heteroatoms. The van der Waals surface area contributed by atoms with Crippen LogP contribution in [0, 0.1) is 0 Å². The van der Waals surface area contributed by atoms with Crippen molar-refractivity contribution in [1.29, 1.82) is 0 Å². The van der Waals surface area contributed by atoms with Crippen molar-refractivity contribution in [3.63, 3.8) is 0 Å². The van der Waals surface area contributed by atoms with E-state index in [1.54, 1.807) is 11.3 Å². The first-order valence-electron chi connectivity index (χ1n) is 15.6. The number of thiophene rings is 1. The average molecular weight is 619 g/mol. The van der Waals surface area contributed by atoms with Crippen LogP contribution < -0.4 is 0 Å². The number of hydrogen-bond donors (Lipinski definition) is 0. The minimum atomic E-state index is 0.627. The molecule has 3 heterocycles. The molecule has 0 bridgehead atoms. The van der Waals surface area contributed by atoms with Gasteiger partial charge >= 0.3 is 0 Å². The van der Waals surface area contributed by atoms with E-state index in [9.17, 15) is 0 Å². The molecule has 0 aliphatic rings. The van der Waals surface area contributed by atoms with Gasteiger partial charge in [-0.05, 0) is 47.0 Å². The van der Waals surface area contributed by atoms with Crippen LogP contribution in [0.2, 0.25) is 0 Å². The number of aromatic nitrogens is 4. The fourth-order valence-electron chi connectivity index (χ4n) is 6.26. The van der Waals surface area contributed by atoms with Crippen LogP contribution in [-0.2, 0) is 0 Å². The van der Waals surface area contributed by atoms with Gasteiger partial charge in [0.1, 0.15) is 0 Å². The standard InChI is InChI=1S/C42H26N4S/c1-4-14-27(15-5-1)30-24-31(37-33-20-10-12-22-35(33)43-38-34-21-11-13-23-36(34)47-39(37)38)26-32(25-30)42-45-40(28-16-6-2-7-17-28)44-41(46-42)29-18-8-3-9-19-29/h1-26H. The second-order valence-electron chi connectivity index (χ2n) is 11.5. The molecule has 0 saturated heterocycles. The highest BCUT2D eigenvalue weighted by molar-refractivity contribution is 7.26. The molecule has 0 spiro atoms. The van der Waals surface area contributed by atoms with Crippen molar-refractivity contribution in [2.75, 3.05) is 0 Å². The number of benzene rings is 6.